The van der Waals surface area contributed by atoms with E-state index in [2.05, 4.69) is 34.4 Å². The SMILES string of the molecule is CN=C(NCCCN1CC(C)OC(C)C1)NCc1cc(F)ccc1CS(C)(=O)=O.I. The molecule has 0 amide bonds. The van der Waals surface area contributed by atoms with Crippen LogP contribution in [0.4, 0.5) is 4.39 Å². The number of sulfone groups is 1. The molecule has 1 aromatic rings. The van der Waals surface area contributed by atoms with E-state index in [4.69, 9.17) is 4.74 Å². The molecular formula is C20H34FIN4O3S. The summed E-state index contributed by atoms with van der Waals surface area (Å²) in [6.45, 7) is 8.10. The zero-order valence-electron chi connectivity index (χ0n) is 18.2. The van der Waals surface area contributed by atoms with Crippen molar-refractivity contribution in [2.45, 2.75) is 44.8 Å². The number of aliphatic imine (C=N–C) groups is 1. The summed E-state index contributed by atoms with van der Waals surface area (Å²) in [5, 5.41) is 6.39. The quantitative estimate of drug-likeness (QED) is 0.221. The summed E-state index contributed by atoms with van der Waals surface area (Å²) in [4.78, 5) is 6.59. The smallest absolute Gasteiger partial charge is 0.191 e. The molecule has 0 aromatic heterocycles. The largest absolute Gasteiger partial charge is 0.373 e. The molecule has 2 rings (SSSR count). The Morgan fingerprint density at radius 3 is 2.50 bits per heavy atom. The van der Waals surface area contributed by atoms with E-state index in [0.29, 0.717) is 23.6 Å². The van der Waals surface area contributed by atoms with Crippen molar-refractivity contribution in [1.82, 2.24) is 15.5 Å². The number of halogens is 2. The van der Waals surface area contributed by atoms with Crippen LogP contribution in [0.5, 0.6) is 0 Å². The molecule has 0 radical (unpaired) electrons. The first kappa shape index (κ1) is 27.1. The van der Waals surface area contributed by atoms with E-state index >= 15 is 0 Å². The predicted molar refractivity (Wildman–Crippen MR) is 130 cm³/mol. The summed E-state index contributed by atoms with van der Waals surface area (Å²) in [5.41, 5.74) is 1.20. The molecule has 0 saturated carbocycles. The highest BCUT2D eigenvalue weighted by Gasteiger charge is 2.21. The Balaban J connectivity index is 0.00000450. The van der Waals surface area contributed by atoms with Gasteiger partial charge in [0.25, 0.3) is 0 Å². The van der Waals surface area contributed by atoms with Crippen molar-refractivity contribution < 1.29 is 17.5 Å². The van der Waals surface area contributed by atoms with Gasteiger partial charge in [0.1, 0.15) is 5.82 Å². The Morgan fingerprint density at radius 1 is 1.23 bits per heavy atom. The Labute approximate surface area is 196 Å². The fourth-order valence-corrected chi connectivity index (χ4v) is 4.40. The van der Waals surface area contributed by atoms with Crippen molar-refractivity contribution >= 4 is 39.8 Å². The monoisotopic (exact) mass is 556 g/mol. The molecule has 2 atom stereocenters. The minimum Gasteiger partial charge on any atom is -0.373 e. The van der Waals surface area contributed by atoms with Crippen molar-refractivity contribution in [3.63, 3.8) is 0 Å². The van der Waals surface area contributed by atoms with Gasteiger partial charge in [-0.15, -0.1) is 24.0 Å². The second-order valence-corrected chi connectivity index (χ2v) is 9.85. The molecule has 0 aliphatic carbocycles. The van der Waals surface area contributed by atoms with Gasteiger partial charge in [-0.2, -0.15) is 0 Å². The number of benzene rings is 1. The van der Waals surface area contributed by atoms with Crippen LogP contribution in [0, 0.1) is 5.82 Å². The molecule has 1 aromatic carbocycles. The third-order valence-corrected chi connectivity index (χ3v) is 5.53. The number of ether oxygens (including phenoxy) is 1. The number of hydrogen-bond acceptors (Lipinski definition) is 5. The standard InChI is InChI=1S/C20H33FN4O3S.HI/c1-15-12-25(13-16(2)28-15)9-5-8-23-20(22-3)24-11-18-10-19(21)7-6-17(18)14-29(4,26)27;/h6-7,10,15-16H,5,8-9,11-14H2,1-4H3,(H2,22,23,24);1H. The normalized spacial score (nSPS) is 20.5. The van der Waals surface area contributed by atoms with E-state index in [-0.39, 0.29) is 41.9 Å². The number of nitrogens with zero attached hydrogens (tertiary/aromatic N) is 2. The van der Waals surface area contributed by atoms with Crippen molar-refractivity contribution in [3.05, 3.63) is 35.1 Å². The summed E-state index contributed by atoms with van der Waals surface area (Å²) < 4.78 is 42.6. The molecule has 1 heterocycles. The molecule has 172 valence electrons. The predicted octanol–water partition coefficient (Wildman–Crippen LogP) is 2.15. The number of nitrogens with one attached hydrogen (secondary N) is 2. The van der Waals surface area contributed by atoms with Gasteiger partial charge in [0.15, 0.2) is 15.8 Å². The van der Waals surface area contributed by atoms with E-state index in [1.807, 2.05) is 0 Å². The van der Waals surface area contributed by atoms with Crippen LogP contribution in [0.2, 0.25) is 0 Å². The Kier molecular flexibility index (Phi) is 11.5. The highest BCUT2D eigenvalue weighted by Crippen LogP contribution is 2.14. The molecule has 1 aliphatic rings. The van der Waals surface area contributed by atoms with Crippen molar-refractivity contribution in [3.8, 4) is 0 Å². The van der Waals surface area contributed by atoms with Crippen LogP contribution in [0.15, 0.2) is 23.2 Å². The lowest BCUT2D eigenvalue weighted by Gasteiger charge is -2.35. The van der Waals surface area contributed by atoms with Gasteiger partial charge in [0, 0.05) is 46.0 Å². The van der Waals surface area contributed by atoms with Gasteiger partial charge in [-0.1, -0.05) is 6.07 Å². The third-order valence-electron chi connectivity index (χ3n) is 4.69. The van der Waals surface area contributed by atoms with Gasteiger partial charge in [-0.05, 0) is 43.5 Å². The van der Waals surface area contributed by atoms with Gasteiger partial charge >= 0.3 is 0 Å². The molecule has 1 fully saturated rings. The zero-order chi connectivity index (χ0) is 21.4. The van der Waals surface area contributed by atoms with Crippen LogP contribution in [0.1, 0.15) is 31.4 Å². The lowest BCUT2D eigenvalue weighted by atomic mass is 10.1. The van der Waals surface area contributed by atoms with Gasteiger partial charge < -0.3 is 15.4 Å². The summed E-state index contributed by atoms with van der Waals surface area (Å²) in [5.74, 6) is 0.0893. The molecular weight excluding hydrogens is 522 g/mol. The highest BCUT2D eigenvalue weighted by atomic mass is 127. The highest BCUT2D eigenvalue weighted by molar-refractivity contribution is 14.0. The Hall–Kier alpha value is -0.980. The summed E-state index contributed by atoms with van der Waals surface area (Å²) in [7, 11) is -1.53. The number of morpholine rings is 1. The van der Waals surface area contributed by atoms with E-state index in [1.165, 1.54) is 24.5 Å². The van der Waals surface area contributed by atoms with Crippen LogP contribution in [0.3, 0.4) is 0 Å². The topological polar surface area (TPSA) is 83.0 Å². The molecule has 1 saturated heterocycles. The van der Waals surface area contributed by atoms with Gasteiger partial charge in [-0.3, -0.25) is 9.89 Å². The molecule has 7 nitrogen and oxygen atoms in total. The fraction of sp³-hybridized carbons (Fsp3) is 0.650. The summed E-state index contributed by atoms with van der Waals surface area (Å²) in [6.07, 6.45) is 2.64. The lowest BCUT2D eigenvalue weighted by molar-refractivity contribution is -0.0679. The minimum atomic E-state index is -3.20. The zero-order valence-corrected chi connectivity index (χ0v) is 21.3. The van der Waals surface area contributed by atoms with Gasteiger partial charge in [0.05, 0.1) is 18.0 Å². The van der Waals surface area contributed by atoms with Crippen LogP contribution in [-0.2, 0) is 26.9 Å². The van der Waals surface area contributed by atoms with Crippen molar-refractivity contribution in [2.75, 3.05) is 39.5 Å². The molecule has 10 heteroatoms. The summed E-state index contributed by atoms with van der Waals surface area (Å²) in [6, 6.07) is 4.17. The molecule has 2 N–H and O–H groups in total. The molecule has 1 aliphatic heterocycles. The second-order valence-electron chi connectivity index (χ2n) is 7.71. The van der Waals surface area contributed by atoms with E-state index in [0.717, 1.165) is 32.6 Å². The van der Waals surface area contributed by atoms with Crippen LogP contribution < -0.4 is 10.6 Å². The Bertz CT molecular complexity index is 797. The second kappa shape index (κ2) is 12.8. The van der Waals surface area contributed by atoms with E-state index in [1.54, 1.807) is 7.05 Å². The van der Waals surface area contributed by atoms with Crippen LogP contribution in [-0.4, -0.2) is 71.0 Å². The maximum Gasteiger partial charge on any atom is 0.191 e. The first-order chi connectivity index (χ1) is 13.7. The Morgan fingerprint density at radius 2 is 1.90 bits per heavy atom. The average Bonchev–Trinajstić information content (AvgIpc) is 2.61. The third kappa shape index (κ3) is 9.88. The number of rotatable bonds is 8. The average molecular weight is 556 g/mol. The first-order valence-electron chi connectivity index (χ1n) is 9.93. The molecule has 30 heavy (non-hydrogen) atoms. The van der Waals surface area contributed by atoms with Crippen molar-refractivity contribution in [2.24, 2.45) is 4.99 Å². The summed E-state index contributed by atoms with van der Waals surface area (Å²) >= 11 is 0. The maximum absolute atomic E-state index is 13.6. The minimum absolute atomic E-state index is 0. The fourth-order valence-electron chi connectivity index (χ4n) is 3.56. The molecule has 0 bridgehead atoms. The first-order valence-corrected chi connectivity index (χ1v) is 12.0. The van der Waals surface area contributed by atoms with Gasteiger partial charge in [0.2, 0.25) is 0 Å². The van der Waals surface area contributed by atoms with Crippen LogP contribution in [0.25, 0.3) is 0 Å². The lowest BCUT2D eigenvalue weighted by Crippen LogP contribution is -2.46. The number of hydrogen-bond donors (Lipinski definition) is 2. The van der Waals surface area contributed by atoms with Crippen LogP contribution >= 0.6 is 24.0 Å². The van der Waals surface area contributed by atoms with Crippen molar-refractivity contribution in [1.29, 1.82) is 0 Å². The molecule has 2 unspecified atom stereocenters. The maximum atomic E-state index is 13.6. The molecule has 0 spiro atoms. The van der Waals surface area contributed by atoms with E-state index in [9.17, 15) is 12.8 Å². The number of guanidine groups is 1. The van der Waals surface area contributed by atoms with Gasteiger partial charge in [-0.25, -0.2) is 12.8 Å². The van der Waals surface area contributed by atoms with E-state index < -0.39 is 15.7 Å².